The number of hydrogen-bond acceptors (Lipinski definition) is 7. The molecule has 0 saturated carbocycles. The van der Waals surface area contributed by atoms with Gasteiger partial charge in [-0.05, 0) is 48.6 Å². The average molecular weight is 414 g/mol. The highest BCUT2D eigenvalue weighted by Crippen LogP contribution is 2.28. The zero-order chi connectivity index (χ0) is 21.6. The molecule has 1 N–H and O–H groups in total. The van der Waals surface area contributed by atoms with E-state index in [0.717, 1.165) is 16.7 Å². The third-order valence-electron chi connectivity index (χ3n) is 4.71. The van der Waals surface area contributed by atoms with Crippen molar-refractivity contribution in [2.75, 3.05) is 11.9 Å². The molecule has 0 radical (unpaired) electrons. The van der Waals surface area contributed by atoms with Crippen LogP contribution in [0.4, 0.5) is 11.6 Å². The number of carbonyl (C=O) groups is 1. The van der Waals surface area contributed by atoms with E-state index in [0.29, 0.717) is 18.2 Å². The molecule has 0 amide bonds. The number of ether oxygens (including phenoxy) is 2. The van der Waals surface area contributed by atoms with E-state index in [4.69, 9.17) is 9.47 Å². The molecule has 7 heteroatoms. The first kappa shape index (κ1) is 20.3. The number of nitrogens with zero attached hydrogens (tertiary/aromatic N) is 3. The standard InChI is InChI=1S/C24H22N4O3/c1-3-30-24(29)20-13-27-23(14-26-20)28-22-12-17(10-11-25-22)15-31-21-9-8-16(2)18-6-4-5-7-19(18)21/h4-14H,3,15H2,1-2H3,(H,25,27,28). The van der Waals surface area contributed by atoms with Crippen LogP contribution in [0.15, 0.2) is 67.1 Å². The van der Waals surface area contributed by atoms with E-state index in [-0.39, 0.29) is 12.3 Å². The first-order chi connectivity index (χ1) is 15.1. The van der Waals surface area contributed by atoms with Gasteiger partial charge in [-0.1, -0.05) is 30.3 Å². The van der Waals surface area contributed by atoms with Crippen molar-refractivity contribution in [1.82, 2.24) is 15.0 Å². The number of carbonyl (C=O) groups excluding carboxylic acids is 1. The molecular formula is C24H22N4O3. The van der Waals surface area contributed by atoms with E-state index < -0.39 is 5.97 Å². The van der Waals surface area contributed by atoms with Gasteiger partial charge in [0.2, 0.25) is 0 Å². The molecule has 0 unspecified atom stereocenters. The monoisotopic (exact) mass is 414 g/mol. The molecular weight excluding hydrogens is 392 g/mol. The predicted octanol–water partition coefficient (Wildman–Crippen LogP) is 4.83. The molecule has 0 aliphatic carbocycles. The lowest BCUT2D eigenvalue weighted by atomic mass is 10.0. The SMILES string of the molecule is CCOC(=O)c1cnc(Nc2cc(COc3ccc(C)c4ccccc34)ccn2)cn1. The molecule has 4 aromatic rings. The van der Waals surface area contributed by atoms with Gasteiger partial charge in [0.05, 0.1) is 19.0 Å². The number of nitrogens with one attached hydrogen (secondary N) is 1. The Bertz CT molecular complexity index is 1210. The van der Waals surface area contributed by atoms with Crippen molar-refractivity contribution in [2.45, 2.75) is 20.5 Å². The van der Waals surface area contributed by atoms with Gasteiger partial charge in [-0.15, -0.1) is 0 Å². The zero-order valence-electron chi connectivity index (χ0n) is 17.3. The number of esters is 1. The topological polar surface area (TPSA) is 86.2 Å². The predicted molar refractivity (Wildman–Crippen MR) is 119 cm³/mol. The summed E-state index contributed by atoms with van der Waals surface area (Å²) in [5, 5.41) is 5.36. The van der Waals surface area contributed by atoms with Crippen molar-refractivity contribution in [3.63, 3.8) is 0 Å². The van der Waals surface area contributed by atoms with Crippen molar-refractivity contribution in [2.24, 2.45) is 0 Å². The van der Waals surface area contributed by atoms with Crippen LogP contribution >= 0.6 is 0 Å². The molecule has 2 heterocycles. The highest BCUT2D eigenvalue weighted by molar-refractivity contribution is 5.90. The fourth-order valence-corrected chi connectivity index (χ4v) is 3.18. The van der Waals surface area contributed by atoms with Gasteiger partial charge in [-0.3, -0.25) is 0 Å². The first-order valence-electron chi connectivity index (χ1n) is 9.96. The summed E-state index contributed by atoms with van der Waals surface area (Å²) in [4.78, 5) is 24.3. The Morgan fingerprint density at radius 1 is 0.968 bits per heavy atom. The molecule has 0 bridgehead atoms. The highest BCUT2D eigenvalue weighted by atomic mass is 16.5. The molecule has 0 aliphatic heterocycles. The smallest absolute Gasteiger partial charge is 0.358 e. The number of anilines is 2. The maximum absolute atomic E-state index is 11.7. The number of aryl methyl sites for hydroxylation is 1. The average Bonchev–Trinajstić information content (AvgIpc) is 2.80. The van der Waals surface area contributed by atoms with Crippen LogP contribution in [0.3, 0.4) is 0 Å². The Morgan fingerprint density at radius 2 is 1.81 bits per heavy atom. The highest BCUT2D eigenvalue weighted by Gasteiger charge is 2.09. The molecule has 0 aliphatic rings. The van der Waals surface area contributed by atoms with E-state index in [2.05, 4.69) is 45.4 Å². The number of rotatable bonds is 7. The van der Waals surface area contributed by atoms with Crippen LogP contribution in [-0.2, 0) is 11.3 Å². The van der Waals surface area contributed by atoms with Crippen molar-refractivity contribution in [3.05, 3.63) is 83.9 Å². The van der Waals surface area contributed by atoms with Gasteiger partial charge in [-0.25, -0.2) is 19.7 Å². The van der Waals surface area contributed by atoms with Crippen molar-refractivity contribution in [3.8, 4) is 5.75 Å². The van der Waals surface area contributed by atoms with Crippen molar-refractivity contribution < 1.29 is 14.3 Å². The number of hydrogen-bond donors (Lipinski definition) is 1. The van der Waals surface area contributed by atoms with Crippen LogP contribution in [-0.4, -0.2) is 27.5 Å². The minimum Gasteiger partial charge on any atom is -0.488 e. The Balaban J connectivity index is 1.45. The maximum Gasteiger partial charge on any atom is 0.358 e. The van der Waals surface area contributed by atoms with E-state index in [1.807, 2.05) is 30.3 Å². The number of pyridine rings is 1. The zero-order valence-corrected chi connectivity index (χ0v) is 17.3. The lowest BCUT2D eigenvalue weighted by Crippen LogP contribution is -2.08. The second kappa shape index (κ2) is 9.21. The lowest BCUT2D eigenvalue weighted by Gasteiger charge is -2.12. The van der Waals surface area contributed by atoms with Crippen LogP contribution in [0.25, 0.3) is 10.8 Å². The lowest BCUT2D eigenvalue weighted by molar-refractivity contribution is 0.0519. The second-order valence-electron chi connectivity index (χ2n) is 6.90. The van der Waals surface area contributed by atoms with E-state index in [1.165, 1.54) is 23.3 Å². The largest absolute Gasteiger partial charge is 0.488 e. The Labute approximate surface area is 180 Å². The van der Waals surface area contributed by atoms with Gasteiger partial charge >= 0.3 is 5.97 Å². The van der Waals surface area contributed by atoms with E-state index >= 15 is 0 Å². The van der Waals surface area contributed by atoms with E-state index in [9.17, 15) is 4.79 Å². The molecule has 156 valence electrons. The quantitative estimate of drug-likeness (QED) is 0.433. The Kier molecular flexibility index (Phi) is 6.03. The van der Waals surface area contributed by atoms with Crippen molar-refractivity contribution in [1.29, 1.82) is 0 Å². The third kappa shape index (κ3) is 4.78. The fraction of sp³-hybridized carbons (Fsp3) is 0.167. The summed E-state index contributed by atoms with van der Waals surface area (Å²) >= 11 is 0. The van der Waals surface area contributed by atoms with Gasteiger partial charge in [0.25, 0.3) is 0 Å². The minimum atomic E-state index is -0.498. The van der Waals surface area contributed by atoms with Gasteiger partial charge in [0.1, 0.15) is 24.0 Å². The number of benzene rings is 2. The fourth-order valence-electron chi connectivity index (χ4n) is 3.18. The van der Waals surface area contributed by atoms with Gasteiger partial charge in [-0.2, -0.15) is 0 Å². The summed E-state index contributed by atoms with van der Waals surface area (Å²) in [5.74, 6) is 1.42. The summed E-state index contributed by atoms with van der Waals surface area (Å²) in [6.07, 6.45) is 4.54. The number of aromatic nitrogens is 3. The molecule has 7 nitrogen and oxygen atoms in total. The van der Waals surface area contributed by atoms with Crippen LogP contribution in [0.2, 0.25) is 0 Å². The van der Waals surface area contributed by atoms with E-state index in [1.54, 1.807) is 13.1 Å². The molecule has 2 aromatic carbocycles. The third-order valence-corrected chi connectivity index (χ3v) is 4.71. The number of fused-ring (bicyclic) bond motifs is 1. The first-order valence-corrected chi connectivity index (χ1v) is 9.96. The Hall–Kier alpha value is -4.00. The normalized spacial score (nSPS) is 10.6. The van der Waals surface area contributed by atoms with Gasteiger partial charge in [0.15, 0.2) is 5.69 Å². The van der Waals surface area contributed by atoms with Gasteiger partial charge in [0, 0.05) is 11.6 Å². The van der Waals surface area contributed by atoms with Gasteiger partial charge < -0.3 is 14.8 Å². The van der Waals surface area contributed by atoms with Crippen LogP contribution in [0.1, 0.15) is 28.5 Å². The molecule has 0 fully saturated rings. The molecule has 31 heavy (non-hydrogen) atoms. The van der Waals surface area contributed by atoms with Crippen LogP contribution < -0.4 is 10.1 Å². The summed E-state index contributed by atoms with van der Waals surface area (Å²) in [6.45, 7) is 4.52. The molecule has 0 spiro atoms. The summed E-state index contributed by atoms with van der Waals surface area (Å²) in [5.41, 5.74) is 2.33. The molecule has 0 atom stereocenters. The van der Waals surface area contributed by atoms with Crippen LogP contribution in [0.5, 0.6) is 5.75 Å². The summed E-state index contributed by atoms with van der Waals surface area (Å²) in [6, 6.07) is 16.1. The second-order valence-corrected chi connectivity index (χ2v) is 6.90. The van der Waals surface area contributed by atoms with Crippen molar-refractivity contribution >= 4 is 28.4 Å². The maximum atomic E-state index is 11.7. The van der Waals surface area contributed by atoms with Crippen LogP contribution in [0, 0.1) is 6.92 Å². The molecule has 4 rings (SSSR count). The molecule has 0 saturated heterocycles. The summed E-state index contributed by atoms with van der Waals surface area (Å²) < 4.78 is 11.0. The minimum absolute atomic E-state index is 0.160. The summed E-state index contributed by atoms with van der Waals surface area (Å²) in [7, 11) is 0. The molecule has 2 aromatic heterocycles. The Morgan fingerprint density at radius 3 is 2.58 bits per heavy atom.